The minimum absolute atomic E-state index is 0.184. The van der Waals surface area contributed by atoms with E-state index in [1.54, 1.807) is 103 Å². The van der Waals surface area contributed by atoms with Crippen LogP contribution in [0.2, 0.25) is 0 Å². The second-order valence-corrected chi connectivity index (χ2v) is 11.9. The summed E-state index contributed by atoms with van der Waals surface area (Å²) in [5, 5.41) is 0. The number of hydrogen-bond acceptors (Lipinski definition) is 7. The van der Waals surface area contributed by atoms with Gasteiger partial charge < -0.3 is 23.0 Å². The highest BCUT2D eigenvalue weighted by Crippen LogP contribution is 2.26. The second-order valence-electron chi connectivity index (χ2n) is 11.0. The van der Waals surface area contributed by atoms with Crippen LogP contribution in [-0.2, 0) is 9.47 Å². The quantitative estimate of drug-likeness (QED) is 0.0989. The van der Waals surface area contributed by atoms with Crippen molar-refractivity contribution in [1.82, 2.24) is 8.80 Å². The molecule has 0 aliphatic heterocycles. The third-order valence-electron chi connectivity index (χ3n) is 7.97. The van der Waals surface area contributed by atoms with Gasteiger partial charge in [0.25, 0.3) is 0 Å². The van der Waals surface area contributed by atoms with Crippen LogP contribution in [0.4, 0.5) is 0 Å². The van der Waals surface area contributed by atoms with Crippen LogP contribution in [0.25, 0.3) is 23.2 Å². The maximum atomic E-state index is 13.5. The summed E-state index contributed by atoms with van der Waals surface area (Å²) >= 11 is 3.39. The number of ether oxygens (including phenoxy) is 3. The van der Waals surface area contributed by atoms with Crippen LogP contribution in [0.5, 0.6) is 5.75 Å². The van der Waals surface area contributed by atoms with Gasteiger partial charge >= 0.3 is 11.9 Å². The summed E-state index contributed by atoms with van der Waals surface area (Å²) in [6, 6.07) is 24.2. The molecule has 0 saturated carbocycles. The van der Waals surface area contributed by atoms with E-state index < -0.39 is 11.9 Å². The fraction of sp³-hybridized carbons (Fsp3) is 0.128. The molecule has 6 rings (SSSR count). The van der Waals surface area contributed by atoms with Gasteiger partial charge in [-0.15, -0.1) is 0 Å². The van der Waals surface area contributed by atoms with Gasteiger partial charge in [-0.25, -0.2) is 9.59 Å². The number of carbonyl (C=O) groups is 4. The third kappa shape index (κ3) is 6.68. The standard InChI is InChI=1S/C39H31BrN2O7/c1-4-48-38(45)30-22-34(36(43)26-8-12-28(40)13-9-26)41-18-16-24(20-32(30)41)6-7-25-17-19-42-33(21-25)31(39(46)49-5-2)23-35(42)37(44)27-10-14-29(47-3)15-11-27/h6-23H,4-5H2,1-3H3/b7-6+. The van der Waals surface area contributed by atoms with Crippen molar-refractivity contribution in [1.29, 1.82) is 0 Å². The summed E-state index contributed by atoms with van der Waals surface area (Å²) in [4.78, 5) is 52.9. The van der Waals surface area contributed by atoms with E-state index in [2.05, 4.69) is 15.9 Å². The molecular formula is C39H31BrN2O7. The lowest BCUT2D eigenvalue weighted by Gasteiger charge is -2.06. The van der Waals surface area contributed by atoms with Crippen molar-refractivity contribution in [3.8, 4) is 5.75 Å². The average molecular weight is 720 g/mol. The summed E-state index contributed by atoms with van der Waals surface area (Å²) < 4.78 is 20.0. The van der Waals surface area contributed by atoms with Gasteiger partial charge in [-0.2, -0.15) is 0 Å². The molecule has 0 amide bonds. The van der Waals surface area contributed by atoms with Gasteiger partial charge in [0.05, 0.1) is 53.9 Å². The van der Waals surface area contributed by atoms with Gasteiger partial charge in [0.2, 0.25) is 11.6 Å². The Morgan fingerprint density at radius 2 is 1.06 bits per heavy atom. The molecular weight excluding hydrogens is 688 g/mol. The van der Waals surface area contributed by atoms with Crippen LogP contribution in [0.3, 0.4) is 0 Å². The highest BCUT2D eigenvalue weighted by molar-refractivity contribution is 9.10. The number of pyridine rings is 2. The van der Waals surface area contributed by atoms with Crippen molar-refractivity contribution in [3.63, 3.8) is 0 Å². The Kier molecular flexibility index (Phi) is 9.59. The molecule has 4 heterocycles. The van der Waals surface area contributed by atoms with Gasteiger partial charge in [0.1, 0.15) is 5.75 Å². The number of fused-ring (bicyclic) bond motifs is 2. The smallest absolute Gasteiger partial charge is 0.340 e. The number of carbonyl (C=O) groups excluding carboxylic acids is 4. The number of halogens is 1. The Labute approximate surface area is 290 Å². The van der Waals surface area contributed by atoms with E-state index in [1.807, 2.05) is 36.4 Å². The molecule has 4 aromatic heterocycles. The van der Waals surface area contributed by atoms with E-state index in [0.29, 0.717) is 39.3 Å². The number of nitrogens with zero attached hydrogens (tertiary/aromatic N) is 2. The molecule has 9 nitrogen and oxygen atoms in total. The second kappa shape index (κ2) is 14.2. The molecule has 0 atom stereocenters. The maximum absolute atomic E-state index is 13.5. The number of hydrogen-bond donors (Lipinski definition) is 0. The average Bonchev–Trinajstić information content (AvgIpc) is 3.69. The lowest BCUT2D eigenvalue weighted by Crippen LogP contribution is -2.05. The first kappa shape index (κ1) is 33.2. The van der Waals surface area contributed by atoms with E-state index in [4.69, 9.17) is 14.2 Å². The number of rotatable bonds is 11. The van der Waals surface area contributed by atoms with Crippen molar-refractivity contribution >= 4 is 62.6 Å². The van der Waals surface area contributed by atoms with Gasteiger partial charge in [-0.1, -0.05) is 28.1 Å². The predicted octanol–water partition coefficient (Wildman–Crippen LogP) is 7.95. The molecule has 49 heavy (non-hydrogen) atoms. The fourth-order valence-electron chi connectivity index (χ4n) is 5.56. The molecule has 0 spiro atoms. The molecule has 0 aliphatic rings. The zero-order chi connectivity index (χ0) is 34.7. The van der Waals surface area contributed by atoms with Crippen LogP contribution in [-0.4, -0.2) is 52.6 Å². The Bertz CT molecular complexity index is 2260. The highest BCUT2D eigenvalue weighted by Gasteiger charge is 2.23. The van der Waals surface area contributed by atoms with E-state index >= 15 is 0 Å². The monoisotopic (exact) mass is 718 g/mol. The van der Waals surface area contributed by atoms with Crippen LogP contribution in [0.15, 0.2) is 102 Å². The molecule has 0 fully saturated rings. The summed E-state index contributed by atoms with van der Waals surface area (Å²) in [6.45, 7) is 3.83. The summed E-state index contributed by atoms with van der Waals surface area (Å²) in [6.07, 6.45) is 7.21. The molecule has 0 radical (unpaired) electrons. The lowest BCUT2D eigenvalue weighted by molar-refractivity contribution is 0.0519. The largest absolute Gasteiger partial charge is 0.497 e. The molecule has 2 aromatic carbocycles. The molecule has 0 aliphatic carbocycles. The minimum Gasteiger partial charge on any atom is -0.497 e. The molecule has 246 valence electrons. The molecule has 0 saturated heterocycles. The van der Waals surface area contributed by atoms with Crippen LogP contribution >= 0.6 is 15.9 Å². The summed E-state index contributed by atoms with van der Waals surface area (Å²) in [5.41, 5.74) is 4.68. The number of ketones is 2. The van der Waals surface area contributed by atoms with Gasteiger partial charge in [-0.05, 0) is 110 Å². The van der Waals surface area contributed by atoms with Crippen LogP contribution in [0, 0.1) is 0 Å². The molecule has 0 bridgehead atoms. The van der Waals surface area contributed by atoms with Crippen molar-refractivity contribution in [2.24, 2.45) is 0 Å². The van der Waals surface area contributed by atoms with E-state index in [-0.39, 0.29) is 35.9 Å². The normalized spacial score (nSPS) is 11.3. The first-order chi connectivity index (χ1) is 23.7. The summed E-state index contributed by atoms with van der Waals surface area (Å²) in [5.74, 6) is -0.922. The number of methoxy groups -OCH3 is 1. The van der Waals surface area contributed by atoms with Gasteiger partial charge in [0, 0.05) is 28.0 Å². The molecule has 0 N–H and O–H groups in total. The Balaban J connectivity index is 1.37. The SMILES string of the molecule is CCOC(=O)c1cc(C(=O)c2ccc(Br)cc2)n2ccc(/C=C/c3ccn4c(C(=O)c5ccc(OC)cc5)cc(C(=O)OCC)c4c3)cc12. The maximum Gasteiger partial charge on any atom is 0.340 e. The first-order valence-electron chi connectivity index (χ1n) is 15.5. The van der Waals surface area contributed by atoms with Crippen molar-refractivity contribution in [3.05, 3.63) is 147 Å². The van der Waals surface area contributed by atoms with Crippen molar-refractivity contribution in [2.75, 3.05) is 20.3 Å². The fourth-order valence-corrected chi connectivity index (χ4v) is 5.83. The van der Waals surface area contributed by atoms with E-state index in [1.165, 1.54) is 0 Å². The highest BCUT2D eigenvalue weighted by atomic mass is 79.9. The van der Waals surface area contributed by atoms with Crippen molar-refractivity contribution in [2.45, 2.75) is 13.8 Å². The van der Waals surface area contributed by atoms with Crippen LogP contribution in [0.1, 0.15) is 77.8 Å². The molecule has 0 unspecified atom stereocenters. The topological polar surface area (TPSA) is 105 Å². The van der Waals surface area contributed by atoms with Gasteiger partial charge in [0.15, 0.2) is 0 Å². The lowest BCUT2D eigenvalue weighted by atomic mass is 10.1. The van der Waals surface area contributed by atoms with E-state index in [9.17, 15) is 19.2 Å². The first-order valence-corrected chi connectivity index (χ1v) is 16.3. The zero-order valence-electron chi connectivity index (χ0n) is 26.9. The molecule has 10 heteroatoms. The van der Waals surface area contributed by atoms with Crippen LogP contribution < -0.4 is 4.74 Å². The zero-order valence-corrected chi connectivity index (χ0v) is 28.5. The Morgan fingerprint density at radius 3 is 1.47 bits per heavy atom. The third-order valence-corrected chi connectivity index (χ3v) is 8.50. The Morgan fingerprint density at radius 1 is 0.633 bits per heavy atom. The van der Waals surface area contributed by atoms with Gasteiger partial charge in [-0.3, -0.25) is 9.59 Å². The molecule has 6 aromatic rings. The number of esters is 2. The predicted molar refractivity (Wildman–Crippen MR) is 190 cm³/mol. The minimum atomic E-state index is -0.534. The van der Waals surface area contributed by atoms with E-state index in [0.717, 1.165) is 15.6 Å². The summed E-state index contributed by atoms with van der Waals surface area (Å²) in [7, 11) is 1.55. The Hall–Kier alpha value is -5.74. The number of benzene rings is 2. The number of aromatic nitrogens is 2. The van der Waals surface area contributed by atoms with Crippen molar-refractivity contribution < 1.29 is 33.4 Å².